The summed E-state index contributed by atoms with van der Waals surface area (Å²) in [4.78, 5) is 0. The first-order chi connectivity index (χ1) is 12.0. The average molecular weight is 379 g/mol. The third kappa shape index (κ3) is 3.41. The molecule has 0 saturated heterocycles. The van der Waals surface area contributed by atoms with Crippen LogP contribution in [0.4, 0.5) is 0 Å². The highest BCUT2D eigenvalue weighted by Gasteiger charge is 2.38. The molecule has 0 bridgehead atoms. The fourth-order valence-corrected chi connectivity index (χ4v) is 4.59. The lowest BCUT2D eigenvalue weighted by atomic mass is 9.98. The SMILES string of the molecule is C[C@H](Cn1ncc2ccc3c(c21)[C@H](O)[C@H](O)CO3)O[Si](C)(C)C(C)(C)C. The Balaban J connectivity index is 1.92. The Hall–Kier alpha value is -1.41. The molecule has 1 aliphatic heterocycles. The van der Waals surface area contributed by atoms with Crippen molar-refractivity contribution in [3.63, 3.8) is 0 Å². The first-order valence-electron chi connectivity index (χ1n) is 9.16. The monoisotopic (exact) mass is 378 g/mol. The van der Waals surface area contributed by atoms with Crippen LogP contribution in [0.1, 0.15) is 39.4 Å². The van der Waals surface area contributed by atoms with Gasteiger partial charge in [-0.25, -0.2) is 0 Å². The van der Waals surface area contributed by atoms with E-state index in [9.17, 15) is 10.2 Å². The van der Waals surface area contributed by atoms with E-state index in [1.54, 1.807) is 6.20 Å². The minimum Gasteiger partial charge on any atom is -0.490 e. The maximum Gasteiger partial charge on any atom is 0.192 e. The first-order valence-corrected chi connectivity index (χ1v) is 12.1. The summed E-state index contributed by atoms with van der Waals surface area (Å²) in [6.07, 6.45) is -0.143. The summed E-state index contributed by atoms with van der Waals surface area (Å²) in [5, 5.41) is 26.1. The number of rotatable bonds is 4. The number of nitrogens with zero attached hydrogens (tertiary/aromatic N) is 2. The fraction of sp³-hybridized carbons (Fsp3) is 0.632. The Morgan fingerprint density at radius 2 is 2.04 bits per heavy atom. The number of hydrogen-bond acceptors (Lipinski definition) is 5. The van der Waals surface area contributed by atoms with Crippen molar-refractivity contribution in [3.05, 3.63) is 23.9 Å². The van der Waals surface area contributed by atoms with Crippen LogP contribution in [0.3, 0.4) is 0 Å². The van der Waals surface area contributed by atoms with Crippen LogP contribution < -0.4 is 4.74 Å². The third-order valence-corrected chi connectivity index (χ3v) is 10.2. The summed E-state index contributed by atoms with van der Waals surface area (Å²) in [6, 6.07) is 3.76. The average Bonchev–Trinajstić information content (AvgIpc) is 2.92. The Morgan fingerprint density at radius 1 is 1.35 bits per heavy atom. The van der Waals surface area contributed by atoms with Crippen molar-refractivity contribution >= 4 is 19.2 Å². The van der Waals surface area contributed by atoms with E-state index in [-0.39, 0.29) is 17.7 Å². The van der Waals surface area contributed by atoms with Gasteiger partial charge in [0.05, 0.1) is 29.9 Å². The molecule has 7 heteroatoms. The summed E-state index contributed by atoms with van der Waals surface area (Å²) >= 11 is 0. The van der Waals surface area contributed by atoms with Crippen molar-refractivity contribution < 1.29 is 19.4 Å². The summed E-state index contributed by atoms with van der Waals surface area (Å²) in [5.41, 5.74) is 1.41. The number of fused-ring (bicyclic) bond motifs is 3. The minimum atomic E-state index is -1.88. The molecule has 3 rings (SSSR count). The van der Waals surface area contributed by atoms with Crippen molar-refractivity contribution in [2.24, 2.45) is 0 Å². The first kappa shape index (κ1) is 19.4. The maximum atomic E-state index is 10.5. The molecule has 0 fully saturated rings. The van der Waals surface area contributed by atoms with Gasteiger partial charge >= 0.3 is 0 Å². The second-order valence-electron chi connectivity index (χ2n) is 8.75. The van der Waals surface area contributed by atoms with Gasteiger partial charge in [0, 0.05) is 5.39 Å². The van der Waals surface area contributed by atoms with Gasteiger partial charge in [0.1, 0.15) is 24.6 Å². The summed E-state index contributed by atoms with van der Waals surface area (Å²) in [5.74, 6) is 0.606. The highest BCUT2D eigenvalue weighted by Crippen LogP contribution is 2.39. The van der Waals surface area contributed by atoms with E-state index in [4.69, 9.17) is 9.16 Å². The number of benzene rings is 1. The van der Waals surface area contributed by atoms with Crippen LogP contribution in [-0.4, -0.2) is 47.1 Å². The molecule has 2 N–H and O–H groups in total. The van der Waals surface area contributed by atoms with E-state index < -0.39 is 20.5 Å². The van der Waals surface area contributed by atoms with Crippen LogP contribution >= 0.6 is 0 Å². The molecule has 0 aliphatic carbocycles. The molecule has 0 amide bonds. The summed E-state index contributed by atoms with van der Waals surface area (Å²) in [7, 11) is -1.88. The van der Waals surface area contributed by atoms with Gasteiger partial charge in [-0.3, -0.25) is 4.68 Å². The predicted molar refractivity (Wildman–Crippen MR) is 104 cm³/mol. The predicted octanol–water partition coefficient (Wildman–Crippen LogP) is 3.23. The molecule has 1 aromatic carbocycles. The summed E-state index contributed by atoms with van der Waals surface area (Å²) in [6.45, 7) is 13.9. The van der Waals surface area contributed by atoms with Gasteiger partial charge in [0.25, 0.3) is 0 Å². The van der Waals surface area contributed by atoms with E-state index >= 15 is 0 Å². The highest BCUT2D eigenvalue weighted by atomic mass is 28.4. The molecular formula is C19H30N2O4Si. The maximum absolute atomic E-state index is 10.5. The molecule has 144 valence electrons. The van der Waals surface area contributed by atoms with Gasteiger partial charge in [-0.15, -0.1) is 0 Å². The molecule has 3 atom stereocenters. The van der Waals surface area contributed by atoms with Crippen LogP contribution in [0, 0.1) is 0 Å². The quantitative estimate of drug-likeness (QED) is 0.799. The zero-order chi connectivity index (χ0) is 19.3. The van der Waals surface area contributed by atoms with Crippen LogP contribution in [0.5, 0.6) is 5.75 Å². The molecule has 6 nitrogen and oxygen atoms in total. The number of aliphatic hydroxyl groups is 2. The molecule has 26 heavy (non-hydrogen) atoms. The molecule has 2 aromatic rings. The molecule has 0 unspecified atom stereocenters. The van der Waals surface area contributed by atoms with Crippen LogP contribution in [0.25, 0.3) is 10.9 Å². The van der Waals surface area contributed by atoms with Gasteiger partial charge in [-0.2, -0.15) is 5.10 Å². The lowest BCUT2D eigenvalue weighted by Crippen LogP contribution is -2.44. The smallest absolute Gasteiger partial charge is 0.192 e. The van der Waals surface area contributed by atoms with Crippen LogP contribution in [-0.2, 0) is 11.0 Å². The van der Waals surface area contributed by atoms with Gasteiger partial charge in [0.15, 0.2) is 8.32 Å². The van der Waals surface area contributed by atoms with E-state index in [0.29, 0.717) is 17.9 Å². The third-order valence-electron chi connectivity index (χ3n) is 5.60. The lowest BCUT2D eigenvalue weighted by molar-refractivity contribution is -0.0248. The second-order valence-corrected chi connectivity index (χ2v) is 13.5. The van der Waals surface area contributed by atoms with Gasteiger partial charge in [0.2, 0.25) is 0 Å². The topological polar surface area (TPSA) is 76.7 Å². The van der Waals surface area contributed by atoms with Crippen molar-refractivity contribution in [3.8, 4) is 5.75 Å². The lowest BCUT2D eigenvalue weighted by Gasteiger charge is -2.38. The number of hydrogen-bond donors (Lipinski definition) is 2. The normalized spacial score (nSPS) is 22.2. The van der Waals surface area contributed by atoms with E-state index in [2.05, 4.69) is 45.9 Å². The Bertz CT molecular complexity index is 797. The fourth-order valence-electron chi connectivity index (χ4n) is 3.16. The second kappa shape index (κ2) is 6.63. The number of aromatic nitrogens is 2. The van der Waals surface area contributed by atoms with E-state index in [1.807, 2.05) is 16.8 Å². The molecular weight excluding hydrogens is 348 g/mol. The van der Waals surface area contributed by atoms with Crippen molar-refractivity contribution in [2.75, 3.05) is 6.61 Å². The molecule has 0 radical (unpaired) electrons. The zero-order valence-electron chi connectivity index (χ0n) is 16.5. The molecule has 2 heterocycles. The Kier molecular flexibility index (Phi) is 4.94. The van der Waals surface area contributed by atoms with Gasteiger partial charge in [-0.1, -0.05) is 20.8 Å². The van der Waals surface area contributed by atoms with Gasteiger partial charge < -0.3 is 19.4 Å². The van der Waals surface area contributed by atoms with Crippen molar-refractivity contribution in [2.45, 2.75) is 70.7 Å². The van der Waals surface area contributed by atoms with E-state index in [0.717, 1.165) is 10.9 Å². The van der Waals surface area contributed by atoms with E-state index in [1.165, 1.54) is 0 Å². The van der Waals surface area contributed by atoms with Crippen molar-refractivity contribution in [1.29, 1.82) is 0 Å². The van der Waals surface area contributed by atoms with Crippen LogP contribution in [0.2, 0.25) is 18.1 Å². The largest absolute Gasteiger partial charge is 0.490 e. The number of aliphatic hydroxyl groups excluding tert-OH is 2. The Labute approximate surface area is 155 Å². The highest BCUT2D eigenvalue weighted by molar-refractivity contribution is 6.74. The van der Waals surface area contributed by atoms with Crippen LogP contribution in [0.15, 0.2) is 18.3 Å². The zero-order valence-corrected chi connectivity index (χ0v) is 17.5. The molecule has 1 aliphatic rings. The van der Waals surface area contributed by atoms with Crippen molar-refractivity contribution in [1.82, 2.24) is 9.78 Å². The molecule has 0 spiro atoms. The minimum absolute atomic E-state index is 0.0126. The van der Waals surface area contributed by atoms with Gasteiger partial charge in [-0.05, 0) is 37.2 Å². The standard InChI is InChI=1S/C19H30N2O4Si/c1-12(25-26(5,6)19(2,3)4)10-21-17-13(9-20-21)7-8-15-16(17)18(23)14(22)11-24-15/h7-9,12,14,18,22-23H,10-11H2,1-6H3/t12-,14-,18-/m1/s1. The molecule has 1 aromatic heterocycles. The summed E-state index contributed by atoms with van der Waals surface area (Å²) < 4.78 is 13.9. The number of ether oxygens (including phenoxy) is 1. The Morgan fingerprint density at radius 3 is 2.69 bits per heavy atom. The molecule has 0 saturated carbocycles.